The van der Waals surface area contributed by atoms with Gasteiger partial charge in [-0.25, -0.2) is 0 Å². The van der Waals surface area contributed by atoms with Crippen LogP contribution in [0.15, 0.2) is 24.3 Å². The van der Waals surface area contributed by atoms with Crippen LogP contribution in [-0.2, 0) is 0 Å². The zero-order chi connectivity index (χ0) is 6.10. The third-order valence-corrected chi connectivity index (χ3v) is 2.46. The van der Waals surface area contributed by atoms with E-state index in [4.69, 9.17) is 4.74 Å². The summed E-state index contributed by atoms with van der Waals surface area (Å²) in [5.74, 6) is 1.08. The Balaban J connectivity index is 2.54. The number of benzene rings is 1. The molecule has 0 bridgehead atoms. The van der Waals surface area contributed by atoms with E-state index in [0.29, 0.717) is 0 Å². The van der Waals surface area contributed by atoms with E-state index in [1.54, 1.807) is 0 Å². The van der Waals surface area contributed by atoms with Crippen molar-refractivity contribution in [1.29, 1.82) is 0 Å². The molecule has 0 amide bonds. The summed E-state index contributed by atoms with van der Waals surface area (Å²) in [5, 5.41) is 1.37. The van der Waals surface area contributed by atoms with E-state index < -0.39 is 0 Å². The molecule has 2 rings (SSSR count). The Morgan fingerprint density at radius 3 is 3.11 bits per heavy atom. The number of rotatable bonds is 0. The van der Waals surface area contributed by atoms with Crippen molar-refractivity contribution >= 4 is 13.9 Å². The lowest BCUT2D eigenvalue weighted by Gasteiger charge is -1.93. The molecule has 0 spiro atoms. The maximum Gasteiger partial charge on any atom is 0.127 e. The summed E-state index contributed by atoms with van der Waals surface area (Å²) in [4.78, 5) is 0. The van der Waals surface area contributed by atoms with Crippen molar-refractivity contribution in [3.8, 4) is 5.75 Å². The predicted molar refractivity (Wildman–Crippen MR) is 39.9 cm³/mol. The Labute approximate surface area is 55.8 Å². The van der Waals surface area contributed by atoms with E-state index in [1.165, 1.54) is 5.30 Å². The van der Waals surface area contributed by atoms with Gasteiger partial charge < -0.3 is 4.74 Å². The minimum atomic E-state index is 0.857. The molecule has 0 aliphatic carbocycles. The van der Waals surface area contributed by atoms with Crippen LogP contribution in [0.25, 0.3) is 0 Å². The van der Waals surface area contributed by atoms with Crippen LogP contribution in [0, 0.1) is 0 Å². The lowest BCUT2D eigenvalue weighted by Crippen LogP contribution is -1.88. The Hall–Kier alpha value is -0.550. The van der Waals surface area contributed by atoms with Crippen LogP contribution in [0.5, 0.6) is 5.75 Å². The first-order valence-electron chi connectivity index (χ1n) is 2.92. The fourth-order valence-corrected chi connectivity index (χ4v) is 1.86. The molecule has 1 nitrogen and oxygen atoms in total. The van der Waals surface area contributed by atoms with Crippen molar-refractivity contribution in [2.24, 2.45) is 0 Å². The van der Waals surface area contributed by atoms with Gasteiger partial charge in [0.2, 0.25) is 0 Å². The molecule has 0 fully saturated rings. The smallest absolute Gasteiger partial charge is 0.127 e. The Bertz CT molecular complexity index is 199. The fraction of sp³-hybridized carbons (Fsp3) is 0.143. The SMILES string of the molecule is c1ccc2c(c1)OCP2. The number of fused-ring (bicyclic) bond motifs is 1. The lowest BCUT2D eigenvalue weighted by atomic mass is 10.3. The van der Waals surface area contributed by atoms with Gasteiger partial charge >= 0.3 is 0 Å². The van der Waals surface area contributed by atoms with Crippen LogP contribution in [0.4, 0.5) is 0 Å². The molecule has 1 aromatic carbocycles. The standard InChI is InChI=1S/C7H7OP/c1-2-4-7-6(3-1)8-5-9-7/h1-4,9H,5H2. The third-order valence-electron chi connectivity index (χ3n) is 1.38. The molecular weight excluding hydrogens is 131 g/mol. The number of para-hydroxylation sites is 1. The summed E-state index contributed by atoms with van der Waals surface area (Å²) in [6.07, 6.45) is 0.888. The highest BCUT2D eigenvalue weighted by Crippen LogP contribution is 2.26. The molecule has 1 heterocycles. The molecule has 0 N–H and O–H groups in total. The zero-order valence-electron chi connectivity index (χ0n) is 4.92. The van der Waals surface area contributed by atoms with E-state index in [9.17, 15) is 0 Å². The molecule has 0 saturated heterocycles. The van der Waals surface area contributed by atoms with Gasteiger partial charge in [0.15, 0.2) is 0 Å². The average molecular weight is 138 g/mol. The second-order valence-electron chi connectivity index (χ2n) is 1.96. The van der Waals surface area contributed by atoms with Crippen molar-refractivity contribution in [2.75, 3.05) is 6.35 Å². The maximum absolute atomic E-state index is 5.31. The van der Waals surface area contributed by atoms with Gasteiger partial charge in [-0.3, -0.25) is 0 Å². The van der Waals surface area contributed by atoms with Gasteiger partial charge in [0, 0.05) is 5.30 Å². The first-order valence-corrected chi connectivity index (χ1v) is 4.13. The molecular formula is C7H7OP. The minimum Gasteiger partial charge on any atom is -0.488 e. The molecule has 1 aliphatic heterocycles. The monoisotopic (exact) mass is 138 g/mol. The summed E-state index contributed by atoms with van der Waals surface area (Å²) < 4.78 is 5.31. The average Bonchev–Trinajstić information content (AvgIpc) is 2.33. The van der Waals surface area contributed by atoms with E-state index in [-0.39, 0.29) is 0 Å². The summed E-state index contributed by atoms with van der Waals surface area (Å²) in [6, 6.07) is 8.21. The highest BCUT2D eigenvalue weighted by molar-refractivity contribution is 7.47. The van der Waals surface area contributed by atoms with Gasteiger partial charge in [-0.05, 0) is 14.6 Å². The van der Waals surface area contributed by atoms with E-state index in [1.807, 2.05) is 12.1 Å². The van der Waals surface area contributed by atoms with Crippen LogP contribution in [0.3, 0.4) is 0 Å². The fourth-order valence-electron chi connectivity index (χ4n) is 0.930. The van der Waals surface area contributed by atoms with Gasteiger partial charge in [0.1, 0.15) is 12.1 Å². The van der Waals surface area contributed by atoms with E-state index >= 15 is 0 Å². The largest absolute Gasteiger partial charge is 0.488 e. The Morgan fingerprint density at radius 2 is 2.22 bits per heavy atom. The molecule has 2 heteroatoms. The molecule has 46 valence electrons. The van der Waals surface area contributed by atoms with Gasteiger partial charge in [0.05, 0.1) is 0 Å². The van der Waals surface area contributed by atoms with Gasteiger partial charge in [-0.1, -0.05) is 18.2 Å². The van der Waals surface area contributed by atoms with Crippen LogP contribution in [-0.4, -0.2) is 6.35 Å². The first kappa shape index (κ1) is 5.25. The number of hydrogen-bond acceptors (Lipinski definition) is 1. The molecule has 0 radical (unpaired) electrons. The Kier molecular flexibility index (Phi) is 1.17. The Morgan fingerprint density at radius 1 is 1.33 bits per heavy atom. The predicted octanol–water partition coefficient (Wildman–Crippen LogP) is 1.34. The highest BCUT2D eigenvalue weighted by Gasteiger charge is 2.08. The van der Waals surface area contributed by atoms with Gasteiger partial charge in [0.25, 0.3) is 0 Å². The normalized spacial score (nSPS) is 17.3. The molecule has 1 atom stereocenters. The quantitative estimate of drug-likeness (QED) is 0.491. The lowest BCUT2D eigenvalue weighted by molar-refractivity contribution is 0.403. The van der Waals surface area contributed by atoms with Crippen molar-refractivity contribution < 1.29 is 4.74 Å². The third kappa shape index (κ3) is 0.818. The van der Waals surface area contributed by atoms with Crippen molar-refractivity contribution in [1.82, 2.24) is 0 Å². The van der Waals surface area contributed by atoms with Crippen LogP contribution >= 0.6 is 8.58 Å². The summed E-state index contributed by atoms with van der Waals surface area (Å²) in [7, 11) is 0.857. The molecule has 9 heavy (non-hydrogen) atoms. The van der Waals surface area contributed by atoms with Crippen molar-refractivity contribution in [3.63, 3.8) is 0 Å². The van der Waals surface area contributed by atoms with E-state index in [0.717, 1.165) is 20.7 Å². The second kappa shape index (κ2) is 2.00. The van der Waals surface area contributed by atoms with Crippen molar-refractivity contribution in [3.05, 3.63) is 24.3 Å². The van der Waals surface area contributed by atoms with Gasteiger partial charge in [-0.15, -0.1) is 0 Å². The highest BCUT2D eigenvalue weighted by atomic mass is 31.1. The number of hydrogen-bond donors (Lipinski definition) is 0. The summed E-state index contributed by atoms with van der Waals surface area (Å²) in [5.41, 5.74) is 0. The summed E-state index contributed by atoms with van der Waals surface area (Å²) >= 11 is 0. The van der Waals surface area contributed by atoms with Crippen LogP contribution < -0.4 is 10.0 Å². The van der Waals surface area contributed by atoms with Crippen LogP contribution in [0.2, 0.25) is 0 Å². The molecule has 0 saturated carbocycles. The first-order chi connectivity index (χ1) is 4.47. The van der Waals surface area contributed by atoms with Gasteiger partial charge in [-0.2, -0.15) is 0 Å². The number of ether oxygens (including phenoxy) is 1. The van der Waals surface area contributed by atoms with Crippen LogP contribution in [0.1, 0.15) is 0 Å². The molecule has 0 aromatic heterocycles. The second-order valence-corrected chi connectivity index (χ2v) is 3.14. The zero-order valence-corrected chi connectivity index (χ0v) is 5.92. The molecule has 1 aliphatic rings. The van der Waals surface area contributed by atoms with E-state index in [2.05, 4.69) is 12.1 Å². The maximum atomic E-state index is 5.31. The minimum absolute atomic E-state index is 0.857. The topological polar surface area (TPSA) is 9.23 Å². The van der Waals surface area contributed by atoms with Crippen molar-refractivity contribution in [2.45, 2.75) is 0 Å². The summed E-state index contributed by atoms with van der Waals surface area (Å²) in [6.45, 7) is 0. The molecule has 1 aromatic rings. The molecule has 1 unspecified atom stereocenters.